The second-order valence-electron chi connectivity index (χ2n) is 3.68. The second kappa shape index (κ2) is 5.40. The molecule has 3 N–H and O–H groups in total. The molecule has 0 saturated carbocycles. The Bertz CT molecular complexity index is 516. The van der Waals surface area contributed by atoms with E-state index in [2.05, 4.69) is 21.4 Å². The lowest BCUT2D eigenvalue weighted by Crippen LogP contribution is -2.29. The van der Waals surface area contributed by atoms with Crippen molar-refractivity contribution in [1.82, 2.24) is 5.43 Å². The number of nitrogens with two attached hydrogens (primary N) is 1. The number of hydrogen-bond acceptors (Lipinski definition) is 2. The van der Waals surface area contributed by atoms with Gasteiger partial charge < -0.3 is 0 Å². The third kappa shape index (κ3) is 2.72. The van der Waals surface area contributed by atoms with Gasteiger partial charge in [-0.3, -0.25) is 5.84 Å². The summed E-state index contributed by atoms with van der Waals surface area (Å²) in [6, 6.07) is 13.9. The van der Waals surface area contributed by atoms with Crippen molar-refractivity contribution in [3.8, 4) is 0 Å². The lowest BCUT2D eigenvalue weighted by molar-refractivity contribution is 0.560. The molecule has 4 heteroatoms. The Morgan fingerprint density at radius 2 is 1.88 bits per heavy atom. The van der Waals surface area contributed by atoms with Crippen molar-refractivity contribution < 1.29 is 4.39 Å². The van der Waals surface area contributed by atoms with Crippen LogP contribution in [0.25, 0.3) is 0 Å². The van der Waals surface area contributed by atoms with E-state index in [0.717, 1.165) is 10.0 Å². The van der Waals surface area contributed by atoms with E-state index >= 15 is 0 Å². The number of nitrogens with one attached hydrogen (secondary N) is 1. The fraction of sp³-hybridized carbons (Fsp3) is 0.0769. The summed E-state index contributed by atoms with van der Waals surface area (Å²) in [5.41, 5.74) is 4.09. The highest BCUT2D eigenvalue weighted by Gasteiger charge is 2.15. The number of benzene rings is 2. The number of hydrazine groups is 1. The monoisotopic (exact) mass is 294 g/mol. The molecule has 0 bridgehead atoms. The zero-order valence-electron chi connectivity index (χ0n) is 9.03. The highest BCUT2D eigenvalue weighted by molar-refractivity contribution is 9.10. The third-order valence-electron chi connectivity index (χ3n) is 2.56. The molecule has 2 nitrogen and oxygen atoms in total. The standard InChI is InChI=1S/C13H12BrFN2/c14-10-5-3-4-9(8-10)13(17-16)11-6-1-2-7-12(11)15/h1-8,13,17H,16H2. The van der Waals surface area contributed by atoms with E-state index < -0.39 is 0 Å². The summed E-state index contributed by atoms with van der Waals surface area (Å²) in [6.07, 6.45) is 0. The first kappa shape index (κ1) is 12.2. The Kier molecular flexibility index (Phi) is 3.89. The van der Waals surface area contributed by atoms with Gasteiger partial charge in [-0.1, -0.05) is 46.3 Å². The Morgan fingerprint density at radius 3 is 2.53 bits per heavy atom. The largest absolute Gasteiger partial charge is 0.271 e. The molecule has 0 fully saturated rings. The molecule has 0 aromatic heterocycles. The van der Waals surface area contributed by atoms with Crippen LogP contribution in [0.1, 0.15) is 17.2 Å². The predicted octanol–water partition coefficient (Wildman–Crippen LogP) is 3.14. The first-order chi connectivity index (χ1) is 8.22. The summed E-state index contributed by atoms with van der Waals surface area (Å²) in [5, 5.41) is 0. The van der Waals surface area contributed by atoms with Crippen LogP contribution in [0.5, 0.6) is 0 Å². The molecule has 0 aliphatic heterocycles. The summed E-state index contributed by atoms with van der Waals surface area (Å²) in [5.74, 6) is 5.26. The highest BCUT2D eigenvalue weighted by Crippen LogP contribution is 2.25. The number of hydrogen-bond donors (Lipinski definition) is 2. The van der Waals surface area contributed by atoms with Gasteiger partial charge in [0.1, 0.15) is 5.82 Å². The average Bonchev–Trinajstić information content (AvgIpc) is 2.33. The maximum Gasteiger partial charge on any atom is 0.128 e. The number of rotatable bonds is 3. The lowest BCUT2D eigenvalue weighted by Gasteiger charge is -2.17. The molecule has 0 spiro atoms. The second-order valence-corrected chi connectivity index (χ2v) is 4.59. The fourth-order valence-electron chi connectivity index (χ4n) is 1.76. The molecule has 0 heterocycles. The Morgan fingerprint density at radius 1 is 1.12 bits per heavy atom. The van der Waals surface area contributed by atoms with Gasteiger partial charge in [0.2, 0.25) is 0 Å². The SMILES string of the molecule is NNC(c1cccc(Br)c1)c1ccccc1F. The summed E-state index contributed by atoms with van der Waals surface area (Å²) < 4.78 is 14.6. The summed E-state index contributed by atoms with van der Waals surface area (Å²) in [4.78, 5) is 0. The zero-order chi connectivity index (χ0) is 12.3. The van der Waals surface area contributed by atoms with Gasteiger partial charge in [0.25, 0.3) is 0 Å². The van der Waals surface area contributed by atoms with Crippen molar-refractivity contribution in [2.45, 2.75) is 6.04 Å². The Labute approximate surface area is 108 Å². The average molecular weight is 295 g/mol. The molecule has 17 heavy (non-hydrogen) atoms. The van der Waals surface area contributed by atoms with Crippen molar-refractivity contribution in [3.63, 3.8) is 0 Å². The van der Waals surface area contributed by atoms with Gasteiger partial charge in [-0.15, -0.1) is 0 Å². The predicted molar refractivity (Wildman–Crippen MR) is 69.7 cm³/mol. The normalized spacial score (nSPS) is 12.4. The fourth-order valence-corrected chi connectivity index (χ4v) is 2.18. The van der Waals surface area contributed by atoms with Gasteiger partial charge in [0.05, 0.1) is 6.04 Å². The topological polar surface area (TPSA) is 38.0 Å². The van der Waals surface area contributed by atoms with E-state index in [-0.39, 0.29) is 11.9 Å². The van der Waals surface area contributed by atoms with Gasteiger partial charge in [-0.05, 0) is 23.8 Å². The molecule has 1 atom stereocenters. The van der Waals surface area contributed by atoms with E-state index in [4.69, 9.17) is 5.84 Å². The smallest absolute Gasteiger partial charge is 0.128 e. The number of halogens is 2. The van der Waals surface area contributed by atoms with Crippen LogP contribution in [-0.4, -0.2) is 0 Å². The van der Waals surface area contributed by atoms with Gasteiger partial charge in [0, 0.05) is 10.0 Å². The molecule has 2 rings (SSSR count). The molecular weight excluding hydrogens is 283 g/mol. The van der Waals surface area contributed by atoms with E-state index in [9.17, 15) is 4.39 Å². The Balaban J connectivity index is 2.44. The van der Waals surface area contributed by atoms with Gasteiger partial charge in [0.15, 0.2) is 0 Å². The maximum atomic E-state index is 13.7. The first-order valence-electron chi connectivity index (χ1n) is 5.18. The highest BCUT2D eigenvalue weighted by atomic mass is 79.9. The van der Waals surface area contributed by atoms with Crippen LogP contribution >= 0.6 is 15.9 Å². The molecule has 0 amide bonds. The summed E-state index contributed by atoms with van der Waals surface area (Å²) >= 11 is 3.39. The quantitative estimate of drug-likeness (QED) is 0.674. The van der Waals surface area contributed by atoms with Crippen molar-refractivity contribution in [3.05, 3.63) is 69.9 Å². The van der Waals surface area contributed by atoms with Crippen molar-refractivity contribution in [2.24, 2.45) is 5.84 Å². The molecule has 0 aliphatic rings. The zero-order valence-corrected chi connectivity index (χ0v) is 10.6. The lowest BCUT2D eigenvalue weighted by atomic mass is 9.99. The van der Waals surface area contributed by atoms with E-state index in [1.54, 1.807) is 18.2 Å². The van der Waals surface area contributed by atoms with E-state index in [1.807, 2.05) is 24.3 Å². The molecule has 2 aromatic carbocycles. The first-order valence-corrected chi connectivity index (χ1v) is 5.97. The molecule has 88 valence electrons. The van der Waals surface area contributed by atoms with E-state index in [1.165, 1.54) is 6.07 Å². The van der Waals surface area contributed by atoms with Crippen LogP contribution < -0.4 is 11.3 Å². The van der Waals surface area contributed by atoms with Crippen molar-refractivity contribution in [2.75, 3.05) is 0 Å². The van der Waals surface area contributed by atoms with E-state index in [0.29, 0.717) is 5.56 Å². The van der Waals surface area contributed by atoms with Crippen LogP contribution in [0.3, 0.4) is 0 Å². The van der Waals surface area contributed by atoms with Gasteiger partial charge in [-0.2, -0.15) is 0 Å². The molecular formula is C13H12BrFN2. The molecule has 0 radical (unpaired) electrons. The molecule has 0 aliphatic carbocycles. The minimum absolute atomic E-state index is 0.268. The van der Waals surface area contributed by atoms with Crippen LogP contribution in [0.2, 0.25) is 0 Å². The van der Waals surface area contributed by atoms with Crippen LogP contribution in [0.15, 0.2) is 53.0 Å². The molecule has 0 saturated heterocycles. The third-order valence-corrected chi connectivity index (χ3v) is 3.06. The molecule has 2 aromatic rings. The van der Waals surface area contributed by atoms with Crippen LogP contribution in [-0.2, 0) is 0 Å². The van der Waals surface area contributed by atoms with Gasteiger partial charge in [-0.25, -0.2) is 9.82 Å². The summed E-state index contributed by atoms with van der Waals surface area (Å²) in [7, 11) is 0. The van der Waals surface area contributed by atoms with Crippen molar-refractivity contribution in [1.29, 1.82) is 0 Å². The minimum atomic E-state index is -0.353. The maximum absolute atomic E-state index is 13.7. The Hall–Kier alpha value is -1.23. The van der Waals surface area contributed by atoms with Crippen molar-refractivity contribution >= 4 is 15.9 Å². The van der Waals surface area contributed by atoms with Gasteiger partial charge >= 0.3 is 0 Å². The van der Waals surface area contributed by atoms with Crippen LogP contribution in [0, 0.1) is 5.82 Å². The molecule has 1 unspecified atom stereocenters. The minimum Gasteiger partial charge on any atom is -0.271 e. The van der Waals surface area contributed by atoms with Crippen LogP contribution in [0.4, 0.5) is 4.39 Å². The summed E-state index contributed by atoms with van der Waals surface area (Å²) in [6.45, 7) is 0.